The van der Waals surface area contributed by atoms with Crippen LogP contribution in [-0.2, 0) is 14.3 Å². The first kappa shape index (κ1) is 60.9. The number of unbranched alkanes of at least 4 members (excludes halogenated alkanes) is 38. The van der Waals surface area contributed by atoms with Crippen LogP contribution in [0, 0.1) is 0 Å². The molecule has 64 heavy (non-hydrogen) atoms. The van der Waals surface area contributed by atoms with E-state index < -0.39 is 49.5 Å². The van der Waals surface area contributed by atoms with Crippen LogP contribution >= 0.6 is 0 Å². The molecule has 9 heteroatoms. The Bertz CT molecular complexity index is 1010. The number of amides is 1. The summed E-state index contributed by atoms with van der Waals surface area (Å²) in [6.07, 6.45) is 48.4. The number of aliphatic hydroxyl groups excluding tert-OH is 5. The topological polar surface area (TPSA) is 149 Å². The standard InChI is InChI=1S/C55H107NO8/c1-3-5-7-9-11-13-15-17-19-21-22-23-24-25-26-27-28-29-31-33-35-37-39-41-43-45-51(59)56-48(47-63-55-54(62)53(61)52(60)50(46-57)64-55)49(58)44-42-40-38-36-34-32-30-20-18-16-14-12-10-8-6-4-2/h42,44,48-50,52-55,57-58,60-62H,3-41,43,45-47H2,1-2H3,(H,56,59)/b44-42+/t48-,49+,50+,52+,53?,54?,55+/m0/s1. The van der Waals surface area contributed by atoms with Crippen LogP contribution in [0.5, 0.6) is 0 Å². The highest BCUT2D eigenvalue weighted by Crippen LogP contribution is 2.23. The maximum absolute atomic E-state index is 13.0. The number of rotatable bonds is 48. The lowest BCUT2D eigenvalue weighted by molar-refractivity contribution is -0.302. The summed E-state index contributed by atoms with van der Waals surface area (Å²) in [6.45, 7) is 3.81. The molecular formula is C55H107NO8. The van der Waals surface area contributed by atoms with Gasteiger partial charge in [0.25, 0.3) is 0 Å². The summed E-state index contributed by atoms with van der Waals surface area (Å²) in [7, 11) is 0. The second kappa shape index (κ2) is 45.7. The highest BCUT2D eigenvalue weighted by molar-refractivity contribution is 5.76. The zero-order valence-electron chi connectivity index (χ0n) is 42.1. The van der Waals surface area contributed by atoms with Gasteiger partial charge in [0.05, 0.1) is 25.4 Å². The fourth-order valence-corrected chi connectivity index (χ4v) is 9.16. The lowest BCUT2D eigenvalue weighted by Gasteiger charge is -2.40. The predicted molar refractivity (Wildman–Crippen MR) is 267 cm³/mol. The Balaban J connectivity index is 2.20. The number of carbonyl (C=O) groups excluding carboxylic acids is 1. The molecule has 1 saturated heterocycles. The first-order valence-corrected chi connectivity index (χ1v) is 27.9. The van der Waals surface area contributed by atoms with Gasteiger partial charge in [0, 0.05) is 6.42 Å². The SMILES string of the molecule is CCCCCCCCCCCCCCCC/C=C/[C@@H](O)[C@H](CO[C@@H]1O[C@H](CO)[C@@H](O)C(O)C1O)NC(=O)CCCCCCCCCCCCCCCCCCCCCCCCCCC. The molecule has 0 aliphatic carbocycles. The third-order valence-corrected chi connectivity index (χ3v) is 13.6. The van der Waals surface area contributed by atoms with Gasteiger partial charge in [0.1, 0.15) is 24.4 Å². The van der Waals surface area contributed by atoms with E-state index in [4.69, 9.17) is 9.47 Å². The number of allylic oxidation sites excluding steroid dienone is 1. The number of hydrogen-bond acceptors (Lipinski definition) is 8. The fraction of sp³-hybridized carbons (Fsp3) is 0.945. The summed E-state index contributed by atoms with van der Waals surface area (Å²) in [6, 6.07) is -0.799. The van der Waals surface area contributed by atoms with E-state index in [-0.39, 0.29) is 12.5 Å². The maximum Gasteiger partial charge on any atom is 0.220 e. The quantitative estimate of drug-likeness (QED) is 0.0261. The van der Waals surface area contributed by atoms with Gasteiger partial charge in [-0.15, -0.1) is 0 Å². The summed E-state index contributed by atoms with van der Waals surface area (Å²) in [4.78, 5) is 13.0. The Morgan fingerprint density at radius 2 is 0.859 bits per heavy atom. The minimum Gasteiger partial charge on any atom is -0.394 e. The van der Waals surface area contributed by atoms with Crippen molar-refractivity contribution in [3.05, 3.63) is 12.2 Å². The molecule has 1 aliphatic heterocycles. The van der Waals surface area contributed by atoms with Crippen LogP contribution in [0.3, 0.4) is 0 Å². The minimum absolute atomic E-state index is 0.170. The van der Waals surface area contributed by atoms with Gasteiger partial charge in [-0.2, -0.15) is 0 Å². The van der Waals surface area contributed by atoms with Crippen molar-refractivity contribution in [1.29, 1.82) is 0 Å². The Morgan fingerprint density at radius 3 is 1.22 bits per heavy atom. The zero-order valence-corrected chi connectivity index (χ0v) is 42.1. The molecule has 2 unspecified atom stereocenters. The van der Waals surface area contributed by atoms with E-state index in [1.165, 1.54) is 218 Å². The van der Waals surface area contributed by atoms with E-state index in [9.17, 15) is 30.3 Å². The third-order valence-electron chi connectivity index (χ3n) is 13.6. The van der Waals surface area contributed by atoms with Crippen molar-refractivity contribution >= 4 is 5.91 Å². The second-order valence-corrected chi connectivity index (χ2v) is 19.7. The molecule has 1 heterocycles. The first-order valence-electron chi connectivity index (χ1n) is 27.9. The molecule has 0 bridgehead atoms. The largest absolute Gasteiger partial charge is 0.394 e. The summed E-state index contributed by atoms with van der Waals surface area (Å²) < 4.78 is 11.3. The summed E-state index contributed by atoms with van der Waals surface area (Å²) >= 11 is 0. The molecule has 0 spiro atoms. The second-order valence-electron chi connectivity index (χ2n) is 19.7. The van der Waals surface area contributed by atoms with E-state index in [1.54, 1.807) is 6.08 Å². The lowest BCUT2D eigenvalue weighted by atomic mass is 9.99. The highest BCUT2D eigenvalue weighted by Gasteiger charge is 2.44. The van der Waals surface area contributed by atoms with Crippen LogP contribution in [0.2, 0.25) is 0 Å². The first-order chi connectivity index (χ1) is 31.3. The molecular weight excluding hydrogens is 803 g/mol. The van der Waals surface area contributed by atoms with Crippen molar-refractivity contribution in [2.75, 3.05) is 13.2 Å². The molecule has 0 aromatic rings. The van der Waals surface area contributed by atoms with Gasteiger partial charge in [-0.25, -0.2) is 0 Å². The molecule has 9 nitrogen and oxygen atoms in total. The van der Waals surface area contributed by atoms with Crippen molar-refractivity contribution in [3.63, 3.8) is 0 Å². The number of aliphatic hydroxyl groups is 5. The Morgan fingerprint density at radius 1 is 0.516 bits per heavy atom. The molecule has 1 rings (SSSR count). The number of nitrogens with one attached hydrogen (secondary N) is 1. The Labute approximate surface area is 395 Å². The van der Waals surface area contributed by atoms with Crippen molar-refractivity contribution < 1.29 is 39.8 Å². The van der Waals surface area contributed by atoms with Crippen LogP contribution in [0.15, 0.2) is 12.2 Å². The van der Waals surface area contributed by atoms with E-state index in [0.717, 1.165) is 38.5 Å². The smallest absolute Gasteiger partial charge is 0.220 e. The van der Waals surface area contributed by atoms with E-state index in [0.29, 0.717) is 6.42 Å². The van der Waals surface area contributed by atoms with Crippen LogP contribution in [-0.4, -0.2) is 87.5 Å². The summed E-state index contributed by atoms with van der Waals surface area (Å²) in [5.41, 5.74) is 0. The lowest BCUT2D eigenvalue weighted by Crippen LogP contribution is -2.60. The summed E-state index contributed by atoms with van der Waals surface area (Å²) in [5.74, 6) is -0.170. The van der Waals surface area contributed by atoms with Gasteiger partial charge >= 0.3 is 0 Å². The number of carbonyl (C=O) groups is 1. The van der Waals surface area contributed by atoms with Crippen molar-refractivity contribution in [1.82, 2.24) is 5.32 Å². The van der Waals surface area contributed by atoms with Gasteiger partial charge in [-0.1, -0.05) is 264 Å². The highest BCUT2D eigenvalue weighted by atomic mass is 16.7. The monoisotopic (exact) mass is 910 g/mol. The van der Waals surface area contributed by atoms with Crippen LogP contribution < -0.4 is 5.32 Å². The Hall–Kier alpha value is -1.07. The number of hydrogen-bond donors (Lipinski definition) is 6. The zero-order chi connectivity index (χ0) is 46.6. The van der Waals surface area contributed by atoms with Crippen LogP contribution in [0.1, 0.15) is 277 Å². The molecule has 7 atom stereocenters. The molecule has 1 aliphatic rings. The predicted octanol–water partition coefficient (Wildman–Crippen LogP) is 13.2. The average molecular weight is 910 g/mol. The van der Waals surface area contributed by atoms with Gasteiger partial charge in [-0.3, -0.25) is 4.79 Å². The Kier molecular flexibility index (Phi) is 43.5. The third kappa shape index (κ3) is 35.1. The van der Waals surface area contributed by atoms with Crippen molar-refractivity contribution in [3.8, 4) is 0 Å². The maximum atomic E-state index is 13.0. The molecule has 0 aromatic heterocycles. The van der Waals surface area contributed by atoms with Gasteiger partial charge < -0.3 is 40.3 Å². The molecule has 0 saturated carbocycles. The number of ether oxygens (including phenoxy) is 2. The molecule has 0 aromatic carbocycles. The van der Waals surface area contributed by atoms with E-state index in [2.05, 4.69) is 19.2 Å². The van der Waals surface area contributed by atoms with Gasteiger partial charge in [-0.05, 0) is 19.3 Å². The van der Waals surface area contributed by atoms with Crippen LogP contribution in [0.4, 0.5) is 0 Å². The average Bonchev–Trinajstić information content (AvgIpc) is 3.29. The fourth-order valence-electron chi connectivity index (χ4n) is 9.16. The van der Waals surface area contributed by atoms with Gasteiger partial charge in [0.2, 0.25) is 5.91 Å². The minimum atomic E-state index is -1.56. The van der Waals surface area contributed by atoms with Crippen molar-refractivity contribution in [2.24, 2.45) is 0 Å². The molecule has 1 amide bonds. The normalized spacial score (nSPS) is 20.0. The van der Waals surface area contributed by atoms with E-state index >= 15 is 0 Å². The van der Waals surface area contributed by atoms with Gasteiger partial charge in [0.15, 0.2) is 6.29 Å². The van der Waals surface area contributed by atoms with E-state index in [1.807, 2.05) is 6.08 Å². The molecule has 380 valence electrons. The van der Waals surface area contributed by atoms with Crippen molar-refractivity contribution in [2.45, 2.75) is 320 Å². The van der Waals surface area contributed by atoms with Crippen LogP contribution in [0.25, 0.3) is 0 Å². The summed E-state index contributed by atoms with van der Waals surface area (Å²) in [5, 5.41) is 54.4. The molecule has 0 radical (unpaired) electrons. The molecule has 1 fully saturated rings. The molecule has 6 N–H and O–H groups in total.